The van der Waals surface area contributed by atoms with Gasteiger partial charge < -0.3 is 4.74 Å². The first-order valence-corrected chi connectivity index (χ1v) is 5.59. The summed E-state index contributed by atoms with van der Waals surface area (Å²) < 4.78 is 5.31. The minimum absolute atomic E-state index is 0.0153. The molecular weight excluding hydrogens is 176 g/mol. The first-order valence-electron chi connectivity index (χ1n) is 5.59. The Morgan fingerprint density at radius 1 is 1.36 bits per heavy atom. The van der Waals surface area contributed by atoms with Gasteiger partial charge in [0.15, 0.2) is 0 Å². The first kappa shape index (κ1) is 13.6. The van der Waals surface area contributed by atoms with Crippen LogP contribution in [0.1, 0.15) is 53.4 Å². The molecule has 0 N–H and O–H groups in total. The summed E-state index contributed by atoms with van der Waals surface area (Å²) in [5, 5.41) is 0. The van der Waals surface area contributed by atoms with Gasteiger partial charge in [-0.1, -0.05) is 27.2 Å². The van der Waals surface area contributed by atoms with Gasteiger partial charge >= 0.3 is 0 Å². The topological polar surface area (TPSA) is 26.3 Å². The van der Waals surface area contributed by atoms with E-state index in [1.165, 1.54) is 0 Å². The third-order valence-corrected chi connectivity index (χ3v) is 3.13. The number of Topliss-reactive ketones (excluding diaryl/α,β-unsaturated/α-hetero) is 1. The van der Waals surface area contributed by atoms with Gasteiger partial charge in [-0.05, 0) is 19.8 Å². The maximum atomic E-state index is 12.0. The molecule has 0 aromatic carbocycles. The molecule has 2 atom stereocenters. The molecule has 0 aliphatic carbocycles. The molecule has 84 valence electrons. The Morgan fingerprint density at radius 3 is 2.29 bits per heavy atom. The molecule has 0 radical (unpaired) electrons. The van der Waals surface area contributed by atoms with Crippen LogP contribution in [0.25, 0.3) is 0 Å². The van der Waals surface area contributed by atoms with Crippen LogP contribution >= 0.6 is 0 Å². The van der Waals surface area contributed by atoms with Crippen LogP contribution in [0.5, 0.6) is 0 Å². The summed E-state index contributed by atoms with van der Waals surface area (Å²) in [6, 6.07) is 0. The van der Waals surface area contributed by atoms with E-state index in [0.717, 1.165) is 19.3 Å². The normalized spacial score (nSPS) is 17.5. The number of carbonyl (C=O) groups excluding carboxylic acids is 1. The SMILES string of the molecule is CCCC(=O)C(C)(CCC)C(C)OC. The lowest BCUT2D eigenvalue weighted by molar-refractivity contribution is -0.136. The van der Waals surface area contributed by atoms with Crippen LogP contribution in [-0.4, -0.2) is 19.0 Å². The lowest BCUT2D eigenvalue weighted by Crippen LogP contribution is -2.39. The molecule has 0 aromatic heterocycles. The molecule has 0 rings (SSSR count). The van der Waals surface area contributed by atoms with Crippen molar-refractivity contribution in [1.82, 2.24) is 0 Å². The predicted octanol–water partition coefficient (Wildman–Crippen LogP) is 3.20. The first-order chi connectivity index (χ1) is 6.52. The van der Waals surface area contributed by atoms with Crippen LogP contribution in [-0.2, 0) is 9.53 Å². The number of ether oxygens (including phenoxy) is 1. The highest BCUT2D eigenvalue weighted by atomic mass is 16.5. The number of ketones is 1. The van der Waals surface area contributed by atoms with Crippen LogP contribution in [0.2, 0.25) is 0 Å². The molecule has 0 aliphatic rings. The Bertz CT molecular complexity index is 177. The van der Waals surface area contributed by atoms with Crippen molar-refractivity contribution in [3.63, 3.8) is 0 Å². The Labute approximate surface area is 88.0 Å². The fourth-order valence-electron chi connectivity index (χ4n) is 1.86. The number of hydrogen-bond acceptors (Lipinski definition) is 2. The summed E-state index contributed by atoms with van der Waals surface area (Å²) in [6.45, 7) is 8.17. The van der Waals surface area contributed by atoms with Crippen LogP contribution in [0.15, 0.2) is 0 Å². The van der Waals surface area contributed by atoms with Crippen LogP contribution in [0, 0.1) is 5.41 Å². The van der Waals surface area contributed by atoms with Crippen molar-refractivity contribution >= 4 is 5.78 Å². The summed E-state index contributed by atoms with van der Waals surface area (Å²) in [7, 11) is 1.68. The van der Waals surface area contributed by atoms with E-state index < -0.39 is 0 Å². The molecule has 0 amide bonds. The van der Waals surface area contributed by atoms with Gasteiger partial charge in [-0.2, -0.15) is 0 Å². The quantitative estimate of drug-likeness (QED) is 0.631. The maximum Gasteiger partial charge on any atom is 0.141 e. The third-order valence-electron chi connectivity index (χ3n) is 3.13. The number of carbonyl (C=O) groups is 1. The van der Waals surface area contributed by atoms with Crippen molar-refractivity contribution < 1.29 is 9.53 Å². The largest absolute Gasteiger partial charge is 0.381 e. The summed E-state index contributed by atoms with van der Waals surface area (Å²) in [5.74, 6) is 0.344. The molecule has 2 nitrogen and oxygen atoms in total. The average Bonchev–Trinajstić information content (AvgIpc) is 2.17. The van der Waals surface area contributed by atoms with Gasteiger partial charge in [0.1, 0.15) is 5.78 Å². The molecule has 2 unspecified atom stereocenters. The zero-order chi connectivity index (χ0) is 11.2. The van der Waals surface area contributed by atoms with Crippen molar-refractivity contribution in [2.45, 2.75) is 59.5 Å². The van der Waals surface area contributed by atoms with E-state index in [-0.39, 0.29) is 11.5 Å². The Hall–Kier alpha value is -0.370. The van der Waals surface area contributed by atoms with Gasteiger partial charge in [0.25, 0.3) is 0 Å². The molecule has 0 spiro atoms. The van der Waals surface area contributed by atoms with Gasteiger partial charge in [-0.3, -0.25) is 4.79 Å². The van der Waals surface area contributed by atoms with Gasteiger partial charge in [0, 0.05) is 13.5 Å². The minimum atomic E-state index is -0.292. The summed E-state index contributed by atoms with van der Waals surface area (Å²) in [5.41, 5.74) is -0.292. The average molecular weight is 200 g/mol. The van der Waals surface area contributed by atoms with Crippen molar-refractivity contribution in [3.8, 4) is 0 Å². The molecule has 0 saturated heterocycles. The Kier molecular flexibility index (Phi) is 6.01. The van der Waals surface area contributed by atoms with E-state index in [0.29, 0.717) is 12.2 Å². The zero-order valence-electron chi connectivity index (χ0n) is 10.2. The summed E-state index contributed by atoms with van der Waals surface area (Å²) >= 11 is 0. The standard InChI is InChI=1S/C12H24O2/c1-6-8-11(13)12(4,9-7-2)10(3)14-5/h10H,6-9H2,1-5H3. The molecule has 0 saturated carbocycles. The van der Waals surface area contributed by atoms with E-state index >= 15 is 0 Å². The van der Waals surface area contributed by atoms with Gasteiger partial charge in [0.2, 0.25) is 0 Å². The fourth-order valence-corrected chi connectivity index (χ4v) is 1.86. The second-order valence-corrected chi connectivity index (χ2v) is 4.22. The minimum Gasteiger partial charge on any atom is -0.381 e. The van der Waals surface area contributed by atoms with Gasteiger partial charge in [-0.25, -0.2) is 0 Å². The zero-order valence-corrected chi connectivity index (χ0v) is 10.2. The van der Waals surface area contributed by atoms with E-state index in [9.17, 15) is 4.79 Å². The highest BCUT2D eigenvalue weighted by Gasteiger charge is 2.36. The van der Waals surface area contributed by atoms with E-state index in [1.54, 1.807) is 7.11 Å². The summed E-state index contributed by atoms with van der Waals surface area (Å²) in [6.07, 6.45) is 3.56. The number of hydrogen-bond donors (Lipinski definition) is 0. The molecule has 14 heavy (non-hydrogen) atoms. The highest BCUT2D eigenvalue weighted by molar-refractivity contribution is 5.85. The van der Waals surface area contributed by atoms with E-state index in [2.05, 4.69) is 6.92 Å². The second-order valence-electron chi connectivity index (χ2n) is 4.22. The molecule has 0 bridgehead atoms. The Morgan fingerprint density at radius 2 is 1.93 bits per heavy atom. The third kappa shape index (κ3) is 3.09. The maximum absolute atomic E-state index is 12.0. The van der Waals surface area contributed by atoms with E-state index in [1.807, 2.05) is 20.8 Å². The van der Waals surface area contributed by atoms with Crippen LogP contribution in [0.3, 0.4) is 0 Å². The molecule has 2 heteroatoms. The second kappa shape index (κ2) is 6.18. The van der Waals surface area contributed by atoms with Crippen molar-refractivity contribution in [1.29, 1.82) is 0 Å². The van der Waals surface area contributed by atoms with Gasteiger partial charge in [-0.15, -0.1) is 0 Å². The van der Waals surface area contributed by atoms with Crippen LogP contribution < -0.4 is 0 Å². The number of rotatable bonds is 7. The number of methoxy groups -OCH3 is 1. The lowest BCUT2D eigenvalue weighted by Gasteiger charge is -2.33. The highest BCUT2D eigenvalue weighted by Crippen LogP contribution is 2.32. The molecule has 0 fully saturated rings. The molecule has 0 aromatic rings. The molecular formula is C12H24O2. The lowest BCUT2D eigenvalue weighted by atomic mass is 9.75. The van der Waals surface area contributed by atoms with Gasteiger partial charge in [0.05, 0.1) is 11.5 Å². The van der Waals surface area contributed by atoms with Crippen LogP contribution in [0.4, 0.5) is 0 Å². The van der Waals surface area contributed by atoms with Crippen molar-refractivity contribution in [3.05, 3.63) is 0 Å². The summed E-state index contributed by atoms with van der Waals surface area (Å²) in [4.78, 5) is 12.0. The Balaban J connectivity index is 4.60. The molecule has 0 aliphatic heterocycles. The monoisotopic (exact) mass is 200 g/mol. The predicted molar refractivity (Wildman–Crippen MR) is 59.4 cm³/mol. The van der Waals surface area contributed by atoms with Crippen molar-refractivity contribution in [2.24, 2.45) is 5.41 Å². The fraction of sp³-hybridized carbons (Fsp3) is 0.917. The van der Waals surface area contributed by atoms with E-state index in [4.69, 9.17) is 4.74 Å². The molecule has 0 heterocycles. The van der Waals surface area contributed by atoms with Crippen molar-refractivity contribution in [2.75, 3.05) is 7.11 Å². The smallest absolute Gasteiger partial charge is 0.141 e.